The number of hydrogen-bond donors (Lipinski definition) is 0. The van der Waals surface area contributed by atoms with Gasteiger partial charge in [-0.1, -0.05) is 169 Å². The van der Waals surface area contributed by atoms with E-state index in [1.54, 1.807) is 0 Å². The molecular formula is C56H46N4. The van der Waals surface area contributed by atoms with Crippen molar-refractivity contribution in [2.45, 2.75) is 34.6 Å². The molecule has 8 aromatic carbocycles. The largest absolute Gasteiger partial charge is 0.309 e. The van der Waals surface area contributed by atoms with Gasteiger partial charge in [0.2, 0.25) is 0 Å². The highest BCUT2D eigenvalue weighted by molar-refractivity contribution is 6.11. The number of aromatic nitrogens is 4. The van der Waals surface area contributed by atoms with Crippen LogP contribution in [0.25, 0.3) is 83.9 Å². The van der Waals surface area contributed by atoms with Crippen LogP contribution in [0.3, 0.4) is 0 Å². The van der Waals surface area contributed by atoms with Gasteiger partial charge in [0.1, 0.15) is 0 Å². The van der Waals surface area contributed by atoms with Crippen molar-refractivity contribution in [2.75, 3.05) is 0 Å². The van der Waals surface area contributed by atoms with Crippen LogP contribution in [0.5, 0.6) is 0 Å². The van der Waals surface area contributed by atoms with Crippen molar-refractivity contribution in [3.05, 3.63) is 216 Å². The third kappa shape index (κ3) is 7.29. The molecule has 0 radical (unpaired) electrons. The average molecular weight is 775 g/mol. The monoisotopic (exact) mass is 774 g/mol. The van der Waals surface area contributed by atoms with Gasteiger partial charge >= 0.3 is 0 Å². The van der Waals surface area contributed by atoms with Crippen molar-refractivity contribution in [2.24, 2.45) is 0 Å². The summed E-state index contributed by atoms with van der Waals surface area (Å²) >= 11 is 0. The fourth-order valence-corrected chi connectivity index (χ4v) is 8.43. The van der Waals surface area contributed by atoms with E-state index in [0.717, 1.165) is 22.3 Å². The first kappa shape index (κ1) is 38.1. The molecule has 0 bridgehead atoms. The molecule has 290 valence electrons. The standard InChI is InChI=1S/C30H25N3.C26H21N/c1-20-11-9-16-24(19-20)29-31-28(23-14-5-4-6-15-23)32-30(33-29)26-18-10-13-22(3)27(26)25-17-8-7-12-21(25)2;1-18-10-6-7-13-21(18)22-16-17-24-23-14-8-9-15-25(23)27(26(24)19(22)2)20-11-4-3-5-12-20/h4-19H,1-3H3;3-17H,1-2H3. The second-order valence-electron chi connectivity index (χ2n) is 15.5. The number of fused-ring (bicyclic) bond motifs is 3. The Hall–Kier alpha value is -7.43. The first-order valence-electron chi connectivity index (χ1n) is 20.5. The molecule has 0 aliphatic carbocycles. The first-order chi connectivity index (χ1) is 29.4. The zero-order chi connectivity index (χ0) is 41.2. The molecule has 0 spiro atoms. The summed E-state index contributed by atoms with van der Waals surface area (Å²) in [4.78, 5) is 14.8. The molecule has 2 heterocycles. The third-order valence-electron chi connectivity index (χ3n) is 11.4. The van der Waals surface area contributed by atoms with E-state index < -0.39 is 0 Å². The van der Waals surface area contributed by atoms with Crippen molar-refractivity contribution >= 4 is 21.8 Å². The Morgan fingerprint density at radius 3 is 1.63 bits per heavy atom. The van der Waals surface area contributed by atoms with Gasteiger partial charge in [-0.2, -0.15) is 0 Å². The van der Waals surface area contributed by atoms with Crippen molar-refractivity contribution in [3.63, 3.8) is 0 Å². The quantitative estimate of drug-likeness (QED) is 0.169. The Bertz CT molecular complexity index is 3140. The molecule has 10 aromatic rings. The van der Waals surface area contributed by atoms with Gasteiger partial charge in [-0.3, -0.25) is 0 Å². The number of para-hydroxylation sites is 2. The summed E-state index contributed by atoms with van der Waals surface area (Å²) in [6.07, 6.45) is 0. The smallest absolute Gasteiger partial charge is 0.164 e. The van der Waals surface area contributed by atoms with Crippen LogP contribution < -0.4 is 0 Å². The van der Waals surface area contributed by atoms with E-state index in [2.05, 4.69) is 191 Å². The highest BCUT2D eigenvalue weighted by Gasteiger charge is 2.19. The van der Waals surface area contributed by atoms with Crippen LogP contribution >= 0.6 is 0 Å². The fraction of sp³-hybridized carbons (Fsp3) is 0.0893. The normalized spacial score (nSPS) is 11.1. The Labute approximate surface area is 352 Å². The van der Waals surface area contributed by atoms with Crippen molar-refractivity contribution in [1.82, 2.24) is 19.5 Å². The predicted octanol–water partition coefficient (Wildman–Crippen LogP) is 14.5. The zero-order valence-electron chi connectivity index (χ0n) is 34.7. The fourth-order valence-electron chi connectivity index (χ4n) is 8.43. The van der Waals surface area contributed by atoms with Crippen LogP contribution in [0.15, 0.2) is 188 Å². The third-order valence-corrected chi connectivity index (χ3v) is 11.4. The second-order valence-corrected chi connectivity index (χ2v) is 15.5. The van der Waals surface area contributed by atoms with Crippen LogP contribution in [-0.2, 0) is 0 Å². The van der Waals surface area contributed by atoms with E-state index in [1.807, 2.05) is 36.4 Å². The number of rotatable bonds is 6. The van der Waals surface area contributed by atoms with E-state index >= 15 is 0 Å². The van der Waals surface area contributed by atoms with Gasteiger partial charge in [-0.05, 0) is 103 Å². The first-order valence-corrected chi connectivity index (χ1v) is 20.5. The maximum Gasteiger partial charge on any atom is 0.164 e. The van der Waals surface area contributed by atoms with E-state index in [4.69, 9.17) is 15.0 Å². The number of nitrogens with zero attached hydrogens (tertiary/aromatic N) is 4. The van der Waals surface area contributed by atoms with Crippen LogP contribution in [0.4, 0.5) is 0 Å². The lowest BCUT2D eigenvalue weighted by molar-refractivity contribution is 1.07. The lowest BCUT2D eigenvalue weighted by atomic mass is 9.92. The number of aryl methyl sites for hydroxylation is 5. The molecule has 0 aliphatic heterocycles. The van der Waals surface area contributed by atoms with Gasteiger partial charge in [0, 0.05) is 33.2 Å². The molecule has 0 aliphatic rings. The Kier molecular flexibility index (Phi) is 10.4. The zero-order valence-corrected chi connectivity index (χ0v) is 34.7. The molecule has 0 atom stereocenters. The molecule has 60 heavy (non-hydrogen) atoms. The summed E-state index contributed by atoms with van der Waals surface area (Å²) in [6.45, 7) is 10.8. The Morgan fingerprint density at radius 2 is 0.917 bits per heavy atom. The second kappa shape index (κ2) is 16.4. The highest BCUT2D eigenvalue weighted by Crippen LogP contribution is 2.39. The van der Waals surface area contributed by atoms with Gasteiger partial charge in [0.15, 0.2) is 17.5 Å². The lowest BCUT2D eigenvalue weighted by Gasteiger charge is -2.15. The van der Waals surface area contributed by atoms with E-state index in [0.29, 0.717) is 17.5 Å². The molecular weight excluding hydrogens is 729 g/mol. The topological polar surface area (TPSA) is 43.6 Å². The molecule has 0 saturated carbocycles. The van der Waals surface area contributed by atoms with Crippen LogP contribution in [-0.4, -0.2) is 19.5 Å². The summed E-state index contributed by atoms with van der Waals surface area (Å²) in [7, 11) is 0. The van der Waals surface area contributed by atoms with E-state index in [9.17, 15) is 0 Å². The maximum absolute atomic E-state index is 4.98. The Balaban J connectivity index is 0.000000157. The molecule has 2 aromatic heterocycles. The van der Waals surface area contributed by atoms with Crippen molar-refractivity contribution in [1.29, 1.82) is 0 Å². The molecule has 0 saturated heterocycles. The van der Waals surface area contributed by atoms with Crippen LogP contribution in [0.2, 0.25) is 0 Å². The SMILES string of the molecule is Cc1cccc(-c2nc(-c3ccccc3)nc(-c3cccc(C)c3-c3ccccc3C)n2)c1.Cc1ccccc1-c1ccc2c3ccccc3n(-c3ccccc3)c2c1C. The molecule has 0 fully saturated rings. The summed E-state index contributed by atoms with van der Waals surface area (Å²) in [5, 5.41) is 2.61. The average Bonchev–Trinajstić information content (AvgIpc) is 3.63. The van der Waals surface area contributed by atoms with Crippen molar-refractivity contribution < 1.29 is 0 Å². The van der Waals surface area contributed by atoms with Gasteiger partial charge in [0.05, 0.1) is 11.0 Å². The molecule has 4 heteroatoms. The number of benzene rings is 8. The van der Waals surface area contributed by atoms with Gasteiger partial charge in [-0.25, -0.2) is 15.0 Å². The van der Waals surface area contributed by atoms with Gasteiger partial charge in [-0.15, -0.1) is 0 Å². The molecule has 10 rings (SSSR count). The van der Waals surface area contributed by atoms with Crippen LogP contribution in [0, 0.1) is 34.6 Å². The molecule has 4 nitrogen and oxygen atoms in total. The van der Waals surface area contributed by atoms with E-state index in [-0.39, 0.29) is 0 Å². The maximum atomic E-state index is 4.98. The Morgan fingerprint density at radius 1 is 0.367 bits per heavy atom. The summed E-state index contributed by atoms with van der Waals surface area (Å²) in [6, 6.07) is 65.8. The minimum Gasteiger partial charge on any atom is -0.309 e. The number of hydrogen-bond acceptors (Lipinski definition) is 3. The van der Waals surface area contributed by atoms with Gasteiger partial charge in [0.25, 0.3) is 0 Å². The minimum atomic E-state index is 0.675. The minimum absolute atomic E-state index is 0.675. The lowest BCUT2D eigenvalue weighted by Crippen LogP contribution is -2.02. The predicted molar refractivity (Wildman–Crippen MR) is 251 cm³/mol. The van der Waals surface area contributed by atoms with Crippen LogP contribution in [0.1, 0.15) is 27.8 Å². The molecule has 0 N–H and O–H groups in total. The van der Waals surface area contributed by atoms with E-state index in [1.165, 1.54) is 72.0 Å². The van der Waals surface area contributed by atoms with Gasteiger partial charge < -0.3 is 4.57 Å². The molecule has 0 amide bonds. The molecule has 0 unspecified atom stereocenters. The summed E-state index contributed by atoms with van der Waals surface area (Å²) in [5.74, 6) is 2.04. The van der Waals surface area contributed by atoms with Crippen molar-refractivity contribution in [3.8, 4) is 62.1 Å². The highest BCUT2D eigenvalue weighted by atomic mass is 15.0. The summed E-state index contributed by atoms with van der Waals surface area (Å²) in [5.41, 5.74) is 17.9. The summed E-state index contributed by atoms with van der Waals surface area (Å²) < 4.78 is 2.40.